The van der Waals surface area contributed by atoms with Crippen LogP contribution in [0, 0.1) is 0 Å². The van der Waals surface area contributed by atoms with Crippen LogP contribution >= 0.6 is 0 Å². The van der Waals surface area contributed by atoms with Crippen molar-refractivity contribution in [3.05, 3.63) is 35.4 Å². The van der Waals surface area contributed by atoms with Gasteiger partial charge in [-0.05, 0) is 30.4 Å². The Morgan fingerprint density at radius 1 is 0.950 bits per heavy atom. The summed E-state index contributed by atoms with van der Waals surface area (Å²) < 4.78 is 0. The van der Waals surface area contributed by atoms with Gasteiger partial charge in [-0.2, -0.15) is 4.89 Å². The van der Waals surface area contributed by atoms with Gasteiger partial charge < -0.3 is 0 Å². The van der Waals surface area contributed by atoms with Gasteiger partial charge >= 0.3 is 5.97 Å². The summed E-state index contributed by atoms with van der Waals surface area (Å²) in [6.07, 6.45) is 6.98. The molecule has 0 atom stereocenters. The van der Waals surface area contributed by atoms with Crippen LogP contribution in [-0.4, -0.2) is 5.97 Å². The molecule has 0 heterocycles. The highest BCUT2D eigenvalue weighted by Gasteiger charge is 2.04. The summed E-state index contributed by atoms with van der Waals surface area (Å²) in [4.78, 5) is 21.1. The van der Waals surface area contributed by atoms with Crippen molar-refractivity contribution >= 4 is 5.97 Å². The molecule has 0 aromatic heterocycles. The fourth-order valence-corrected chi connectivity index (χ4v) is 1.91. The lowest BCUT2D eigenvalue weighted by molar-refractivity contribution is -0.280. The van der Waals surface area contributed by atoms with Crippen molar-refractivity contribution in [2.45, 2.75) is 65.4 Å². The monoisotopic (exact) mass is 278 g/mol. The Labute approximate surface area is 122 Å². The molecule has 1 aromatic rings. The van der Waals surface area contributed by atoms with E-state index in [0.717, 1.165) is 31.2 Å². The second-order valence-electron chi connectivity index (χ2n) is 5.09. The highest BCUT2D eigenvalue weighted by atomic mass is 17.2. The van der Waals surface area contributed by atoms with E-state index in [1.807, 2.05) is 12.1 Å². The van der Waals surface area contributed by atoms with Crippen molar-refractivity contribution < 1.29 is 14.6 Å². The Hall–Kier alpha value is -1.35. The Morgan fingerprint density at radius 2 is 1.60 bits per heavy atom. The number of hydrogen-bond acceptors (Lipinski definition) is 3. The molecule has 0 N–H and O–H groups in total. The van der Waals surface area contributed by atoms with E-state index in [1.165, 1.54) is 18.4 Å². The lowest BCUT2D eigenvalue weighted by Crippen LogP contribution is -2.05. The van der Waals surface area contributed by atoms with Crippen molar-refractivity contribution in [2.75, 3.05) is 0 Å². The van der Waals surface area contributed by atoms with E-state index >= 15 is 0 Å². The molecule has 3 heteroatoms. The Kier molecular flexibility index (Phi) is 8.72. The molecule has 0 radical (unpaired) electrons. The van der Waals surface area contributed by atoms with Crippen molar-refractivity contribution in [3.8, 4) is 0 Å². The zero-order valence-electron chi connectivity index (χ0n) is 12.7. The summed E-state index contributed by atoms with van der Waals surface area (Å²) in [6.45, 7) is 4.61. The number of carbonyl (C=O) groups excluding carboxylic acids is 1. The molecule has 0 aliphatic rings. The van der Waals surface area contributed by atoms with Gasteiger partial charge in [0.05, 0.1) is 0 Å². The summed E-state index contributed by atoms with van der Waals surface area (Å²) in [5, 5.41) is 0. The SMILES string of the molecule is CCCCCC(=O)OOCc1ccc(CCCC)cc1. The summed E-state index contributed by atoms with van der Waals surface area (Å²) >= 11 is 0. The maximum atomic E-state index is 11.3. The minimum Gasteiger partial charge on any atom is -0.298 e. The van der Waals surface area contributed by atoms with Gasteiger partial charge in [0.2, 0.25) is 0 Å². The predicted octanol–water partition coefficient (Wildman–Crippen LogP) is 4.58. The van der Waals surface area contributed by atoms with Crippen LogP contribution in [-0.2, 0) is 27.6 Å². The molecular formula is C17H26O3. The smallest absolute Gasteiger partial charge is 0.298 e. The topological polar surface area (TPSA) is 35.5 Å². The average Bonchev–Trinajstić information content (AvgIpc) is 2.47. The molecule has 112 valence electrons. The van der Waals surface area contributed by atoms with Crippen LogP contribution in [0.25, 0.3) is 0 Å². The lowest BCUT2D eigenvalue weighted by atomic mass is 10.1. The van der Waals surface area contributed by atoms with E-state index in [0.29, 0.717) is 13.0 Å². The Balaban J connectivity index is 2.19. The summed E-state index contributed by atoms with van der Waals surface area (Å²) in [7, 11) is 0. The van der Waals surface area contributed by atoms with E-state index in [2.05, 4.69) is 26.0 Å². The van der Waals surface area contributed by atoms with E-state index in [4.69, 9.17) is 9.78 Å². The highest BCUT2D eigenvalue weighted by Crippen LogP contribution is 2.09. The molecule has 0 amide bonds. The molecule has 0 fully saturated rings. The maximum absolute atomic E-state index is 11.3. The predicted molar refractivity (Wildman–Crippen MR) is 80.1 cm³/mol. The van der Waals surface area contributed by atoms with Crippen molar-refractivity contribution in [1.82, 2.24) is 0 Å². The first kappa shape index (κ1) is 16.7. The fraction of sp³-hybridized carbons (Fsp3) is 0.588. The number of rotatable bonds is 10. The quantitative estimate of drug-likeness (QED) is 0.357. The number of carbonyl (C=O) groups is 1. The van der Waals surface area contributed by atoms with Gasteiger partial charge in [0.1, 0.15) is 6.61 Å². The van der Waals surface area contributed by atoms with Gasteiger partial charge in [0.15, 0.2) is 0 Å². The van der Waals surface area contributed by atoms with Crippen LogP contribution in [0.3, 0.4) is 0 Å². The fourth-order valence-electron chi connectivity index (χ4n) is 1.91. The first-order valence-corrected chi connectivity index (χ1v) is 7.66. The van der Waals surface area contributed by atoms with Crippen LogP contribution in [0.4, 0.5) is 0 Å². The number of unbranched alkanes of at least 4 members (excludes halogenated alkanes) is 3. The van der Waals surface area contributed by atoms with Gasteiger partial charge in [0, 0.05) is 6.42 Å². The third kappa shape index (κ3) is 7.29. The van der Waals surface area contributed by atoms with Crippen molar-refractivity contribution in [3.63, 3.8) is 0 Å². The largest absolute Gasteiger partial charge is 0.342 e. The molecule has 20 heavy (non-hydrogen) atoms. The molecular weight excluding hydrogens is 252 g/mol. The van der Waals surface area contributed by atoms with Crippen molar-refractivity contribution in [1.29, 1.82) is 0 Å². The first-order chi connectivity index (χ1) is 9.76. The molecule has 0 aliphatic heterocycles. The summed E-state index contributed by atoms with van der Waals surface area (Å²) in [6, 6.07) is 8.26. The molecule has 0 unspecified atom stereocenters. The van der Waals surface area contributed by atoms with Gasteiger partial charge in [0.25, 0.3) is 0 Å². The van der Waals surface area contributed by atoms with Gasteiger partial charge in [-0.1, -0.05) is 57.4 Å². The van der Waals surface area contributed by atoms with Gasteiger partial charge in [-0.3, -0.25) is 4.89 Å². The molecule has 0 aliphatic carbocycles. The van der Waals surface area contributed by atoms with E-state index in [-0.39, 0.29) is 5.97 Å². The molecule has 1 aromatic carbocycles. The van der Waals surface area contributed by atoms with Crippen LogP contribution in [0.15, 0.2) is 24.3 Å². The second kappa shape index (κ2) is 10.4. The normalized spacial score (nSPS) is 10.5. The minimum absolute atomic E-state index is 0.280. The van der Waals surface area contributed by atoms with E-state index < -0.39 is 0 Å². The zero-order chi connectivity index (χ0) is 14.6. The molecule has 0 saturated heterocycles. The maximum Gasteiger partial charge on any atom is 0.342 e. The molecule has 0 saturated carbocycles. The summed E-state index contributed by atoms with van der Waals surface area (Å²) in [5.41, 5.74) is 2.36. The van der Waals surface area contributed by atoms with E-state index in [1.54, 1.807) is 0 Å². The molecule has 0 spiro atoms. The van der Waals surface area contributed by atoms with E-state index in [9.17, 15) is 4.79 Å². The van der Waals surface area contributed by atoms with Gasteiger partial charge in [-0.15, -0.1) is 0 Å². The minimum atomic E-state index is -0.280. The number of aryl methyl sites for hydroxylation is 1. The van der Waals surface area contributed by atoms with Gasteiger partial charge in [-0.25, -0.2) is 4.79 Å². The standard InChI is InChI=1S/C17H26O3/c1-3-5-7-9-17(18)20-19-14-16-12-10-15(11-13-16)8-6-4-2/h10-13H,3-9,14H2,1-2H3. The zero-order valence-corrected chi connectivity index (χ0v) is 12.7. The molecule has 0 bridgehead atoms. The van der Waals surface area contributed by atoms with Crippen molar-refractivity contribution in [2.24, 2.45) is 0 Å². The first-order valence-electron chi connectivity index (χ1n) is 7.66. The number of hydrogen-bond donors (Lipinski definition) is 0. The molecule has 3 nitrogen and oxygen atoms in total. The number of benzene rings is 1. The van der Waals surface area contributed by atoms with Crippen LogP contribution in [0.1, 0.15) is 63.5 Å². The Bertz CT molecular complexity index is 370. The second-order valence-corrected chi connectivity index (χ2v) is 5.09. The third-order valence-electron chi connectivity index (χ3n) is 3.20. The molecule has 1 rings (SSSR count). The van der Waals surface area contributed by atoms with Crippen LogP contribution in [0.5, 0.6) is 0 Å². The van der Waals surface area contributed by atoms with Crippen LogP contribution < -0.4 is 0 Å². The summed E-state index contributed by atoms with van der Waals surface area (Å²) in [5.74, 6) is -0.280. The Morgan fingerprint density at radius 3 is 2.25 bits per heavy atom. The van der Waals surface area contributed by atoms with Crippen LogP contribution in [0.2, 0.25) is 0 Å². The lowest BCUT2D eigenvalue weighted by Gasteiger charge is -2.05. The highest BCUT2D eigenvalue weighted by molar-refractivity contribution is 5.68. The third-order valence-corrected chi connectivity index (χ3v) is 3.20. The average molecular weight is 278 g/mol.